The first-order valence-electron chi connectivity index (χ1n) is 9.30. The van der Waals surface area contributed by atoms with Crippen LogP contribution in [-0.2, 0) is 16.0 Å². The van der Waals surface area contributed by atoms with Crippen LogP contribution in [0.4, 0.5) is 10.5 Å². The Kier molecular flexibility index (Phi) is 3.94. The lowest BCUT2D eigenvalue weighted by molar-refractivity contribution is -0.152. The second-order valence-electron chi connectivity index (χ2n) is 7.59. The second-order valence-corrected chi connectivity index (χ2v) is 7.59. The lowest BCUT2D eigenvalue weighted by atomic mass is 9.73. The minimum atomic E-state index is -1.29. The molecule has 1 fully saturated rings. The molecule has 2 atom stereocenters. The van der Waals surface area contributed by atoms with Gasteiger partial charge in [0.05, 0.1) is 0 Å². The van der Waals surface area contributed by atoms with E-state index in [0.29, 0.717) is 12.8 Å². The van der Waals surface area contributed by atoms with Gasteiger partial charge in [0, 0.05) is 31.7 Å². The number of fused-ring (bicyclic) bond motifs is 3. The highest BCUT2D eigenvalue weighted by Gasteiger charge is 2.57. The summed E-state index contributed by atoms with van der Waals surface area (Å²) in [4.78, 5) is 41.9. The summed E-state index contributed by atoms with van der Waals surface area (Å²) < 4.78 is 0. The van der Waals surface area contributed by atoms with Gasteiger partial charge in [0.25, 0.3) is 0 Å². The molecule has 2 aromatic rings. The lowest BCUT2D eigenvalue weighted by Crippen LogP contribution is -2.69. The average Bonchev–Trinajstić information content (AvgIpc) is 2.66. The van der Waals surface area contributed by atoms with Gasteiger partial charge in [-0.3, -0.25) is 19.8 Å². The molecule has 0 bridgehead atoms. The van der Waals surface area contributed by atoms with Gasteiger partial charge in [0.1, 0.15) is 5.41 Å². The molecular formula is C21H23N3O3. The van der Waals surface area contributed by atoms with E-state index in [1.54, 1.807) is 0 Å². The summed E-state index contributed by atoms with van der Waals surface area (Å²) in [5, 5.41) is 4.54. The van der Waals surface area contributed by atoms with Crippen LogP contribution in [0.25, 0.3) is 10.8 Å². The zero-order valence-electron chi connectivity index (χ0n) is 15.8. The highest BCUT2D eigenvalue weighted by Crippen LogP contribution is 2.42. The van der Waals surface area contributed by atoms with Crippen molar-refractivity contribution >= 4 is 34.3 Å². The van der Waals surface area contributed by atoms with E-state index in [1.165, 1.54) is 4.90 Å². The third kappa shape index (κ3) is 2.43. The number of benzene rings is 2. The molecule has 4 rings (SSSR count). The van der Waals surface area contributed by atoms with Crippen LogP contribution >= 0.6 is 0 Å². The summed E-state index contributed by atoms with van der Waals surface area (Å²) in [6, 6.07) is 11.2. The van der Waals surface area contributed by atoms with Gasteiger partial charge in [-0.1, -0.05) is 37.3 Å². The fourth-order valence-corrected chi connectivity index (χ4v) is 4.29. The number of urea groups is 1. The van der Waals surface area contributed by atoms with Gasteiger partial charge in [0.15, 0.2) is 0 Å². The van der Waals surface area contributed by atoms with Crippen LogP contribution in [0.3, 0.4) is 0 Å². The number of anilines is 1. The third-order valence-corrected chi connectivity index (χ3v) is 5.95. The topological polar surface area (TPSA) is 69.7 Å². The van der Waals surface area contributed by atoms with E-state index in [4.69, 9.17) is 0 Å². The highest BCUT2D eigenvalue weighted by atomic mass is 16.2. The molecule has 140 valence electrons. The van der Waals surface area contributed by atoms with E-state index in [1.807, 2.05) is 56.1 Å². The maximum Gasteiger partial charge on any atom is 0.331 e. The standard InChI is InChI=1S/C21H23N3O3/c1-4-13(2)24-19(26)21(18(25)22-20(24)27)11-16-15-8-6-5-7-14(15)9-10-17(16)23(3)12-21/h5-10,13H,4,11-12H2,1-3H3,(H,22,25,27)/t13-,21-/m1/s1. The van der Waals surface area contributed by atoms with Gasteiger partial charge in [-0.2, -0.15) is 0 Å². The van der Waals surface area contributed by atoms with Gasteiger partial charge < -0.3 is 4.90 Å². The van der Waals surface area contributed by atoms with Gasteiger partial charge >= 0.3 is 6.03 Å². The van der Waals surface area contributed by atoms with Crippen molar-refractivity contribution in [2.75, 3.05) is 18.5 Å². The molecular weight excluding hydrogens is 342 g/mol. The van der Waals surface area contributed by atoms with E-state index < -0.39 is 23.3 Å². The van der Waals surface area contributed by atoms with E-state index in [0.717, 1.165) is 22.0 Å². The number of carbonyl (C=O) groups excluding carboxylic acids is 3. The number of imide groups is 2. The minimum Gasteiger partial charge on any atom is -0.373 e. The first-order valence-corrected chi connectivity index (χ1v) is 9.30. The highest BCUT2D eigenvalue weighted by molar-refractivity contribution is 6.20. The number of barbiturate groups is 1. The van der Waals surface area contributed by atoms with Gasteiger partial charge in [-0.25, -0.2) is 4.79 Å². The predicted octanol–water partition coefficient (Wildman–Crippen LogP) is 2.70. The Hall–Kier alpha value is -2.89. The summed E-state index contributed by atoms with van der Waals surface area (Å²) in [6.07, 6.45) is 0.928. The van der Waals surface area contributed by atoms with Crippen molar-refractivity contribution in [3.63, 3.8) is 0 Å². The van der Waals surface area contributed by atoms with Crippen molar-refractivity contribution in [3.05, 3.63) is 42.0 Å². The number of nitrogens with zero attached hydrogens (tertiary/aromatic N) is 2. The molecule has 0 aromatic heterocycles. The van der Waals surface area contributed by atoms with Crippen molar-refractivity contribution in [1.29, 1.82) is 0 Å². The van der Waals surface area contributed by atoms with Crippen molar-refractivity contribution in [2.24, 2.45) is 5.41 Å². The lowest BCUT2D eigenvalue weighted by Gasteiger charge is -2.46. The van der Waals surface area contributed by atoms with E-state index >= 15 is 0 Å². The predicted molar refractivity (Wildman–Crippen MR) is 103 cm³/mol. The van der Waals surface area contributed by atoms with Crippen LogP contribution < -0.4 is 10.2 Å². The molecule has 2 aliphatic heterocycles. The van der Waals surface area contributed by atoms with Crippen molar-refractivity contribution in [2.45, 2.75) is 32.7 Å². The molecule has 0 aliphatic carbocycles. The molecule has 6 heteroatoms. The van der Waals surface area contributed by atoms with Crippen LogP contribution in [0, 0.1) is 5.41 Å². The Morgan fingerprint density at radius 1 is 1.15 bits per heavy atom. The molecule has 2 aliphatic rings. The van der Waals surface area contributed by atoms with E-state index in [9.17, 15) is 14.4 Å². The van der Waals surface area contributed by atoms with Crippen molar-refractivity contribution in [1.82, 2.24) is 10.2 Å². The Labute approximate surface area is 158 Å². The number of rotatable bonds is 2. The summed E-state index contributed by atoms with van der Waals surface area (Å²) in [5.41, 5.74) is 0.708. The molecule has 1 saturated heterocycles. The monoisotopic (exact) mass is 365 g/mol. The Balaban J connectivity index is 1.87. The molecule has 2 aromatic carbocycles. The minimum absolute atomic E-state index is 0.253. The molecule has 6 nitrogen and oxygen atoms in total. The Morgan fingerprint density at radius 2 is 1.89 bits per heavy atom. The summed E-state index contributed by atoms with van der Waals surface area (Å²) in [5.74, 6) is -0.890. The Bertz CT molecular complexity index is 970. The SMILES string of the molecule is CC[C@@H](C)N1C(=O)NC(=O)[C@]2(Cc3c(ccc4ccccc34)N(C)C2)C1=O. The van der Waals surface area contributed by atoms with Crippen LogP contribution in [0.2, 0.25) is 0 Å². The maximum atomic E-state index is 13.4. The second kappa shape index (κ2) is 6.08. The average molecular weight is 365 g/mol. The van der Waals surface area contributed by atoms with Gasteiger partial charge in [-0.15, -0.1) is 0 Å². The normalized spacial score (nSPS) is 23.6. The number of carbonyl (C=O) groups is 3. The molecule has 4 amide bonds. The van der Waals surface area contributed by atoms with Crippen molar-refractivity contribution < 1.29 is 14.4 Å². The zero-order chi connectivity index (χ0) is 19.3. The van der Waals surface area contributed by atoms with Crippen LogP contribution in [0.15, 0.2) is 36.4 Å². The quantitative estimate of drug-likeness (QED) is 0.831. The fraction of sp³-hybridized carbons (Fsp3) is 0.381. The maximum absolute atomic E-state index is 13.4. The number of amides is 4. The fourth-order valence-electron chi connectivity index (χ4n) is 4.29. The molecule has 27 heavy (non-hydrogen) atoms. The zero-order valence-corrected chi connectivity index (χ0v) is 15.8. The Morgan fingerprint density at radius 3 is 2.63 bits per heavy atom. The molecule has 2 heterocycles. The molecule has 1 spiro atoms. The van der Waals surface area contributed by atoms with E-state index in [-0.39, 0.29) is 12.6 Å². The molecule has 0 saturated carbocycles. The summed E-state index contributed by atoms with van der Waals surface area (Å²) in [7, 11) is 1.89. The summed E-state index contributed by atoms with van der Waals surface area (Å²) in [6.45, 7) is 4.00. The largest absolute Gasteiger partial charge is 0.373 e. The first-order chi connectivity index (χ1) is 12.9. The summed E-state index contributed by atoms with van der Waals surface area (Å²) >= 11 is 0. The third-order valence-electron chi connectivity index (χ3n) is 5.95. The molecule has 1 N–H and O–H groups in total. The number of hydrogen-bond acceptors (Lipinski definition) is 4. The van der Waals surface area contributed by atoms with Crippen LogP contribution in [0.1, 0.15) is 25.8 Å². The molecule has 0 radical (unpaired) electrons. The van der Waals surface area contributed by atoms with Crippen LogP contribution in [-0.4, -0.2) is 42.4 Å². The van der Waals surface area contributed by atoms with Gasteiger partial charge in [0.2, 0.25) is 11.8 Å². The molecule has 0 unspecified atom stereocenters. The van der Waals surface area contributed by atoms with Gasteiger partial charge in [-0.05, 0) is 35.7 Å². The smallest absolute Gasteiger partial charge is 0.331 e. The first kappa shape index (κ1) is 17.5. The van der Waals surface area contributed by atoms with Crippen molar-refractivity contribution in [3.8, 4) is 0 Å². The van der Waals surface area contributed by atoms with Crippen LogP contribution in [0.5, 0.6) is 0 Å². The number of nitrogens with one attached hydrogen (secondary N) is 1. The number of hydrogen-bond donors (Lipinski definition) is 1. The van der Waals surface area contributed by atoms with E-state index in [2.05, 4.69) is 11.4 Å².